The predicted molar refractivity (Wildman–Crippen MR) is 75.2 cm³/mol. The lowest BCUT2D eigenvalue weighted by atomic mass is 9.68. The molecular weight excluding hydrogens is 238 g/mol. The van der Waals surface area contributed by atoms with Crippen LogP contribution in [0.2, 0.25) is 0 Å². The van der Waals surface area contributed by atoms with Gasteiger partial charge in [0.05, 0.1) is 12.7 Å². The molecule has 2 aliphatic rings. The Morgan fingerprint density at radius 1 is 1.26 bits per heavy atom. The van der Waals surface area contributed by atoms with E-state index in [1.54, 1.807) is 0 Å². The molecule has 1 aromatic rings. The summed E-state index contributed by atoms with van der Waals surface area (Å²) in [4.78, 5) is 0. The lowest BCUT2D eigenvalue weighted by Gasteiger charge is -2.40. The average molecular weight is 261 g/mol. The van der Waals surface area contributed by atoms with E-state index in [1.807, 2.05) is 12.1 Å². The van der Waals surface area contributed by atoms with Gasteiger partial charge >= 0.3 is 0 Å². The second-order valence-electron chi connectivity index (χ2n) is 6.00. The van der Waals surface area contributed by atoms with Crippen molar-refractivity contribution in [1.82, 2.24) is 0 Å². The molecule has 1 aromatic carbocycles. The molecule has 1 saturated carbocycles. The van der Waals surface area contributed by atoms with Crippen LogP contribution in [-0.4, -0.2) is 18.3 Å². The molecular formula is C16H23NO2. The van der Waals surface area contributed by atoms with Crippen molar-refractivity contribution in [3.05, 3.63) is 29.3 Å². The maximum absolute atomic E-state index is 10.8. The van der Waals surface area contributed by atoms with Crippen LogP contribution in [0, 0.1) is 5.41 Å². The minimum atomic E-state index is -0.441. The third-order valence-corrected chi connectivity index (χ3v) is 4.87. The Hall–Kier alpha value is -1.06. The summed E-state index contributed by atoms with van der Waals surface area (Å²) in [6, 6.07) is 6.10. The molecule has 0 aromatic heterocycles. The van der Waals surface area contributed by atoms with Crippen molar-refractivity contribution in [3.8, 4) is 5.75 Å². The first-order chi connectivity index (χ1) is 9.25. The van der Waals surface area contributed by atoms with Crippen molar-refractivity contribution in [2.45, 2.75) is 44.6 Å². The lowest BCUT2D eigenvalue weighted by molar-refractivity contribution is 0.000657. The van der Waals surface area contributed by atoms with Gasteiger partial charge < -0.3 is 15.6 Å². The molecule has 3 nitrogen and oxygen atoms in total. The molecule has 1 fully saturated rings. The zero-order valence-corrected chi connectivity index (χ0v) is 11.4. The van der Waals surface area contributed by atoms with Crippen molar-refractivity contribution < 1.29 is 9.84 Å². The Bertz CT molecular complexity index is 452. The van der Waals surface area contributed by atoms with Gasteiger partial charge in [-0.3, -0.25) is 0 Å². The van der Waals surface area contributed by atoms with Gasteiger partial charge in [-0.1, -0.05) is 25.3 Å². The van der Waals surface area contributed by atoms with E-state index in [0.29, 0.717) is 6.54 Å². The number of nitrogens with two attached hydrogens (primary N) is 1. The molecule has 1 heterocycles. The summed E-state index contributed by atoms with van der Waals surface area (Å²) in [6.45, 7) is 1.33. The predicted octanol–water partition coefficient (Wildman–Crippen LogP) is 2.56. The van der Waals surface area contributed by atoms with Crippen LogP contribution in [0.3, 0.4) is 0 Å². The number of ether oxygens (including phenoxy) is 1. The fourth-order valence-electron chi connectivity index (χ4n) is 3.58. The van der Waals surface area contributed by atoms with Crippen LogP contribution >= 0.6 is 0 Å². The molecule has 0 radical (unpaired) electrons. The van der Waals surface area contributed by atoms with Gasteiger partial charge in [0, 0.05) is 18.4 Å². The van der Waals surface area contributed by atoms with Gasteiger partial charge in [-0.2, -0.15) is 0 Å². The van der Waals surface area contributed by atoms with Crippen molar-refractivity contribution in [2.24, 2.45) is 11.1 Å². The maximum atomic E-state index is 10.8. The molecule has 104 valence electrons. The number of aliphatic hydroxyl groups is 1. The average Bonchev–Trinajstić information content (AvgIpc) is 2.94. The van der Waals surface area contributed by atoms with E-state index in [9.17, 15) is 5.11 Å². The molecule has 0 amide bonds. The monoisotopic (exact) mass is 261 g/mol. The summed E-state index contributed by atoms with van der Waals surface area (Å²) in [5.74, 6) is 0.974. The highest BCUT2D eigenvalue weighted by Crippen LogP contribution is 2.46. The zero-order chi connectivity index (χ0) is 13.3. The Morgan fingerprint density at radius 3 is 2.79 bits per heavy atom. The van der Waals surface area contributed by atoms with E-state index < -0.39 is 6.10 Å². The molecule has 0 spiro atoms. The van der Waals surface area contributed by atoms with Gasteiger partial charge in [-0.25, -0.2) is 0 Å². The molecule has 0 saturated heterocycles. The van der Waals surface area contributed by atoms with E-state index in [4.69, 9.17) is 10.5 Å². The van der Waals surface area contributed by atoms with Crippen LogP contribution in [0.15, 0.2) is 18.2 Å². The summed E-state index contributed by atoms with van der Waals surface area (Å²) in [6.07, 6.45) is 6.22. The van der Waals surface area contributed by atoms with Crippen LogP contribution in [0.25, 0.3) is 0 Å². The molecule has 3 N–H and O–H groups in total. The lowest BCUT2D eigenvalue weighted by Crippen LogP contribution is -2.38. The molecule has 1 unspecified atom stereocenters. The van der Waals surface area contributed by atoms with E-state index >= 15 is 0 Å². The molecule has 1 aliphatic heterocycles. The highest BCUT2D eigenvalue weighted by Gasteiger charge is 2.38. The Kier molecular flexibility index (Phi) is 3.50. The fraction of sp³-hybridized carbons (Fsp3) is 0.625. The summed E-state index contributed by atoms with van der Waals surface area (Å²) >= 11 is 0. The van der Waals surface area contributed by atoms with Gasteiger partial charge in [0.15, 0.2) is 0 Å². The quantitative estimate of drug-likeness (QED) is 0.879. The van der Waals surface area contributed by atoms with Crippen LogP contribution in [-0.2, 0) is 6.42 Å². The maximum Gasteiger partial charge on any atom is 0.122 e. The SMILES string of the molecule is NCC1(C(O)c2ccc3c(c2)CCO3)CCCCC1. The Balaban J connectivity index is 1.87. The molecule has 1 aliphatic carbocycles. The molecule has 19 heavy (non-hydrogen) atoms. The van der Waals surface area contributed by atoms with Crippen LogP contribution in [0.5, 0.6) is 5.75 Å². The number of rotatable bonds is 3. The number of hydrogen-bond donors (Lipinski definition) is 2. The molecule has 0 bridgehead atoms. The molecule has 3 heteroatoms. The number of fused-ring (bicyclic) bond motifs is 1. The summed E-state index contributed by atoms with van der Waals surface area (Å²) in [5, 5.41) is 10.8. The third-order valence-electron chi connectivity index (χ3n) is 4.87. The summed E-state index contributed by atoms with van der Waals surface area (Å²) in [7, 11) is 0. The highest BCUT2D eigenvalue weighted by atomic mass is 16.5. The standard InChI is InChI=1S/C16H23NO2/c17-11-16(7-2-1-3-8-16)15(18)13-4-5-14-12(10-13)6-9-19-14/h4-5,10,15,18H,1-3,6-9,11,17H2. The van der Waals surface area contributed by atoms with Crippen molar-refractivity contribution in [2.75, 3.05) is 13.2 Å². The van der Waals surface area contributed by atoms with E-state index in [1.165, 1.54) is 24.8 Å². The van der Waals surface area contributed by atoms with Crippen molar-refractivity contribution >= 4 is 0 Å². The molecule has 3 rings (SSSR count). The van der Waals surface area contributed by atoms with Crippen molar-refractivity contribution in [1.29, 1.82) is 0 Å². The Labute approximate surface area is 114 Å². The summed E-state index contributed by atoms with van der Waals surface area (Å²) in [5.41, 5.74) is 8.12. The largest absolute Gasteiger partial charge is 0.493 e. The van der Waals surface area contributed by atoms with Gasteiger partial charge in [-0.15, -0.1) is 0 Å². The normalized spacial score (nSPS) is 22.6. The number of benzene rings is 1. The second-order valence-corrected chi connectivity index (χ2v) is 6.00. The first kappa shape index (κ1) is 12.9. The summed E-state index contributed by atoms with van der Waals surface area (Å²) < 4.78 is 5.52. The van der Waals surface area contributed by atoms with E-state index in [0.717, 1.165) is 37.2 Å². The van der Waals surface area contributed by atoms with Crippen molar-refractivity contribution in [3.63, 3.8) is 0 Å². The van der Waals surface area contributed by atoms with Gasteiger partial charge in [0.1, 0.15) is 5.75 Å². The van der Waals surface area contributed by atoms with Crippen LogP contribution < -0.4 is 10.5 Å². The zero-order valence-electron chi connectivity index (χ0n) is 11.4. The van der Waals surface area contributed by atoms with Crippen LogP contribution in [0.1, 0.15) is 49.3 Å². The third kappa shape index (κ3) is 2.26. The Morgan fingerprint density at radius 2 is 2.05 bits per heavy atom. The van der Waals surface area contributed by atoms with E-state index in [-0.39, 0.29) is 5.41 Å². The van der Waals surface area contributed by atoms with E-state index in [2.05, 4.69) is 6.07 Å². The van der Waals surface area contributed by atoms with Gasteiger partial charge in [0.25, 0.3) is 0 Å². The van der Waals surface area contributed by atoms with Gasteiger partial charge in [0.2, 0.25) is 0 Å². The smallest absolute Gasteiger partial charge is 0.122 e. The fourth-order valence-corrected chi connectivity index (χ4v) is 3.58. The minimum Gasteiger partial charge on any atom is -0.493 e. The molecule has 1 atom stereocenters. The number of hydrogen-bond acceptors (Lipinski definition) is 3. The number of aliphatic hydroxyl groups excluding tert-OH is 1. The topological polar surface area (TPSA) is 55.5 Å². The van der Waals surface area contributed by atoms with Gasteiger partial charge in [-0.05, 0) is 36.1 Å². The minimum absolute atomic E-state index is 0.119. The first-order valence-corrected chi connectivity index (χ1v) is 7.39. The highest BCUT2D eigenvalue weighted by molar-refractivity contribution is 5.41. The second kappa shape index (κ2) is 5.14. The van der Waals surface area contributed by atoms with Crippen LogP contribution in [0.4, 0.5) is 0 Å². The first-order valence-electron chi connectivity index (χ1n) is 7.39.